The van der Waals surface area contributed by atoms with Crippen LogP contribution in [-0.4, -0.2) is 85.4 Å². The molecule has 0 fully saturated rings. The molecular formula is C29H36N9O3P. The van der Waals surface area contributed by atoms with Crippen molar-refractivity contribution in [1.82, 2.24) is 24.8 Å². The number of benzene rings is 2. The van der Waals surface area contributed by atoms with E-state index in [-0.39, 0.29) is 11.9 Å². The van der Waals surface area contributed by atoms with Gasteiger partial charge in [0.2, 0.25) is 11.9 Å². The maximum Gasteiger partial charge on any atom is 0.247 e. The van der Waals surface area contributed by atoms with Crippen molar-refractivity contribution in [1.29, 1.82) is 0 Å². The first-order chi connectivity index (χ1) is 20.0. The van der Waals surface area contributed by atoms with Crippen molar-refractivity contribution in [3.05, 3.63) is 61.6 Å². The number of amides is 1. The first-order valence-electron chi connectivity index (χ1n) is 13.2. The maximum atomic E-state index is 13.3. The Balaban J connectivity index is 1.68. The predicted octanol–water partition coefficient (Wildman–Crippen LogP) is 4.29. The molecule has 0 unspecified atom stereocenters. The number of likely N-dealkylation sites (N-methyl/N-ethyl adjacent to an activating group) is 2. The number of nitrogens with zero attached hydrogens (tertiary/aromatic N) is 6. The predicted molar refractivity (Wildman–Crippen MR) is 171 cm³/mol. The highest BCUT2D eigenvalue weighted by Gasteiger charge is 2.22. The second-order valence-electron chi connectivity index (χ2n) is 10.2. The molecule has 42 heavy (non-hydrogen) atoms. The Morgan fingerprint density at radius 2 is 1.74 bits per heavy atom. The number of ether oxygens (including phenoxy) is 1. The molecule has 1 amide bonds. The SMILES string of the molecule is C=CC(=O)Nc1cc(Nc2nccc(Nc3ccc4nccnc4c3P(C)(C)=O)n2)c(OC)cc1N(C)CCN(C)C. The van der Waals surface area contributed by atoms with Gasteiger partial charge in [0.1, 0.15) is 24.2 Å². The topological polar surface area (TPSA) is 138 Å². The van der Waals surface area contributed by atoms with Crippen LogP contribution in [0.25, 0.3) is 11.0 Å². The van der Waals surface area contributed by atoms with E-state index in [9.17, 15) is 9.36 Å². The lowest BCUT2D eigenvalue weighted by atomic mass is 10.2. The van der Waals surface area contributed by atoms with E-state index in [2.05, 4.69) is 47.4 Å². The Morgan fingerprint density at radius 3 is 2.43 bits per heavy atom. The molecule has 0 bridgehead atoms. The molecule has 13 heteroatoms. The molecule has 0 spiro atoms. The van der Waals surface area contributed by atoms with Gasteiger partial charge in [0.25, 0.3) is 0 Å². The summed E-state index contributed by atoms with van der Waals surface area (Å²) in [5, 5.41) is 9.96. The number of methoxy groups -OCH3 is 1. The van der Waals surface area contributed by atoms with E-state index in [1.807, 2.05) is 44.2 Å². The molecule has 12 nitrogen and oxygen atoms in total. The van der Waals surface area contributed by atoms with Crippen LogP contribution in [0.5, 0.6) is 5.75 Å². The summed E-state index contributed by atoms with van der Waals surface area (Å²) in [6.45, 7) is 8.51. The molecule has 0 saturated carbocycles. The molecule has 4 aromatic rings. The summed E-state index contributed by atoms with van der Waals surface area (Å²) >= 11 is 0. The zero-order chi connectivity index (χ0) is 30.4. The Morgan fingerprint density at radius 1 is 0.976 bits per heavy atom. The monoisotopic (exact) mass is 589 g/mol. The summed E-state index contributed by atoms with van der Waals surface area (Å²) in [4.78, 5) is 34.2. The highest BCUT2D eigenvalue weighted by atomic mass is 31.2. The van der Waals surface area contributed by atoms with Crippen LogP contribution in [0.2, 0.25) is 0 Å². The average molecular weight is 590 g/mol. The van der Waals surface area contributed by atoms with E-state index in [1.165, 1.54) is 6.08 Å². The van der Waals surface area contributed by atoms with Crippen LogP contribution in [0.3, 0.4) is 0 Å². The first kappa shape index (κ1) is 30.4. The largest absolute Gasteiger partial charge is 0.494 e. The Labute approximate surface area is 245 Å². The van der Waals surface area contributed by atoms with Crippen LogP contribution in [-0.2, 0) is 9.36 Å². The average Bonchev–Trinajstić information content (AvgIpc) is 2.95. The van der Waals surface area contributed by atoms with Crippen LogP contribution in [0.15, 0.2) is 61.6 Å². The number of carbonyl (C=O) groups excluding carboxylic acids is 1. The molecule has 2 heterocycles. The van der Waals surface area contributed by atoms with Crippen LogP contribution in [0, 0.1) is 0 Å². The van der Waals surface area contributed by atoms with Crippen LogP contribution >= 0.6 is 7.14 Å². The molecule has 220 valence electrons. The second-order valence-corrected chi connectivity index (χ2v) is 13.4. The molecule has 0 aliphatic rings. The van der Waals surface area contributed by atoms with E-state index < -0.39 is 7.14 Å². The van der Waals surface area contributed by atoms with Crippen LogP contribution in [0.1, 0.15) is 0 Å². The quantitative estimate of drug-likeness (QED) is 0.161. The van der Waals surface area contributed by atoms with Gasteiger partial charge in [-0.05, 0) is 57.8 Å². The minimum atomic E-state index is -2.75. The minimum absolute atomic E-state index is 0.284. The lowest BCUT2D eigenvalue weighted by molar-refractivity contribution is -0.111. The fourth-order valence-corrected chi connectivity index (χ4v) is 5.71. The van der Waals surface area contributed by atoms with Gasteiger partial charge in [0.15, 0.2) is 0 Å². The van der Waals surface area contributed by atoms with E-state index in [0.717, 1.165) is 18.8 Å². The molecule has 0 aliphatic carbocycles. The van der Waals surface area contributed by atoms with Gasteiger partial charge in [-0.25, -0.2) is 4.98 Å². The van der Waals surface area contributed by atoms with E-state index in [1.54, 1.807) is 51.2 Å². The van der Waals surface area contributed by atoms with Gasteiger partial charge < -0.3 is 35.1 Å². The Hall–Kier alpha value is -4.54. The molecule has 3 N–H and O–H groups in total. The zero-order valence-corrected chi connectivity index (χ0v) is 25.6. The normalized spacial score (nSPS) is 11.3. The molecular weight excluding hydrogens is 553 g/mol. The van der Waals surface area contributed by atoms with Crippen molar-refractivity contribution in [2.75, 3.05) is 75.5 Å². The highest BCUT2D eigenvalue weighted by Crippen LogP contribution is 2.41. The van der Waals surface area contributed by atoms with Gasteiger partial charge in [-0.15, -0.1) is 0 Å². The number of fused-ring (bicyclic) bond motifs is 1. The van der Waals surface area contributed by atoms with Crippen LogP contribution in [0.4, 0.5) is 34.5 Å². The number of hydrogen-bond donors (Lipinski definition) is 3. The number of aromatic nitrogens is 4. The van der Waals surface area contributed by atoms with Gasteiger partial charge in [-0.1, -0.05) is 6.58 Å². The molecule has 0 saturated heterocycles. The van der Waals surface area contributed by atoms with Crippen molar-refractivity contribution >= 4 is 63.9 Å². The molecule has 2 aromatic heterocycles. The number of carbonyl (C=O) groups is 1. The highest BCUT2D eigenvalue weighted by molar-refractivity contribution is 7.71. The van der Waals surface area contributed by atoms with Crippen molar-refractivity contribution in [3.63, 3.8) is 0 Å². The van der Waals surface area contributed by atoms with Crippen molar-refractivity contribution < 1.29 is 14.1 Å². The smallest absolute Gasteiger partial charge is 0.247 e. The first-order valence-corrected chi connectivity index (χ1v) is 15.8. The summed E-state index contributed by atoms with van der Waals surface area (Å²) in [7, 11) is 4.78. The summed E-state index contributed by atoms with van der Waals surface area (Å²) < 4.78 is 19.0. The fourth-order valence-electron chi connectivity index (χ4n) is 4.32. The number of hydrogen-bond acceptors (Lipinski definition) is 11. The van der Waals surface area contributed by atoms with Gasteiger partial charge in [-0.3, -0.25) is 14.8 Å². The standard InChI is InChI=1S/C29H36N9O3P/c1-8-26(39)34-21-17-22(24(41-5)18-23(21)38(4)16-15-37(2)3)35-29-32-12-11-25(36-29)33-20-10-9-19-27(31-14-13-30-19)28(20)42(6,7)40/h8-14,17-18H,1,15-16H2,2-7H3,(H,34,39)(H2,32,33,35,36). The zero-order valence-electron chi connectivity index (χ0n) is 24.7. The summed E-state index contributed by atoms with van der Waals surface area (Å²) in [6, 6.07) is 8.98. The molecule has 0 atom stereocenters. The van der Waals surface area contributed by atoms with Crippen molar-refractivity contribution in [2.45, 2.75) is 0 Å². The lowest BCUT2D eigenvalue weighted by Gasteiger charge is -2.26. The summed E-state index contributed by atoms with van der Waals surface area (Å²) in [5.74, 6) is 0.959. The molecule has 0 radical (unpaired) electrons. The van der Waals surface area contributed by atoms with Gasteiger partial charge >= 0.3 is 0 Å². The minimum Gasteiger partial charge on any atom is -0.494 e. The van der Waals surface area contributed by atoms with E-state index in [0.29, 0.717) is 45.0 Å². The fraction of sp³-hybridized carbons (Fsp3) is 0.276. The molecule has 4 rings (SSSR count). The van der Waals surface area contributed by atoms with E-state index >= 15 is 0 Å². The number of nitrogens with one attached hydrogen (secondary N) is 3. The van der Waals surface area contributed by atoms with Gasteiger partial charge in [-0.2, -0.15) is 4.98 Å². The third kappa shape index (κ3) is 7.20. The third-order valence-electron chi connectivity index (χ3n) is 6.37. The lowest BCUT2D eigenvalue weighted by Crippen LogP contribution is -2.29. The van der Waals surface area contributed by atoms with Crippen molar-refractivity contribution in [3.8, 4) is 5.75 Å². The summed E-state index contributed by atoms with van der Waals surface area (Å²) in [6.07, 6.45) is 6.01. The Bertz CT molecular complexity index is 1660. The van der Waals surface area contributed by atoms with E-state index in [4.69, 9.17) is 4.74 Å². The number of rotatable bonds is 12. The van der Waals surface area contributed by atoms with Crippen LogP contribution < -0.4 is 30.9 Å². The second kappa shape index (κ2) is 13.0. The van der Waals surface area contributed by atoms with Gasteiger partial charge in [0, 0.05) is 44.8 Å². The molecule has 2 aromatic carbocycles. The summed E-state index contributed by atoms with van der Waals surface area (Å²) in [5.41, 5.74) is 3.76. The molecule has 0 aliphatic heterocycles. The maximum absolute atomic E-state index is 13.3. The third-order valence-corrected chi connectivity index (χ3v) is 7.90. The van der Waals surface area contributed by atoms with Crippen molar-refractivity contribution in [2.24, 2.45) is 0 Å². The number of anilines is 6. The Kier molecular flexibility index (Phi) is 9.39. The van der Waals surface area contributed by atoms with Gasteiger partial charge in [0.05, 0.1) is 40.7 Å².